The molecule has 1 aliphatic carbocycles. The van der Waals surface area contributed by atoms with Crippen LogP contribution in [0.4, 0.5) is 0 Å². The van der Waals surface area contributed by atoms with E-state index in [9.17, 15) is 13.5 Å². The van der Waals surface area contributed by atoms with Crippen molar-refractivity contribution in [2.75, 3.05) is 6.26 Å². The number of ether oxygens (including phenoxy) is 1. The second kappa shape index (κ2) is 6.67. The maximum Gasteiger partial charge on any atom is 0.150 e. The van der Waals surface area contributed by atoms with Crippen LogP contribution in [-0.2, 0) is 9.84 Å². The van der Waals surface area contributed by atoms with Crippen LogP contribution in [0.25, 0.3) is 0 Å². The summed E-state index contributed by atoms with van der Waals surface area (Å²) in [5, 5.41) is 9.49. The molecular formula is C15H21BrO4S. The quantitative estimate of drug-likeness (QED) is 0.875. The van der Waals surface area contributed by atoms with Crippen LogP contribution in [-0.4, -0.2) is 31.1 Å². The molecule has 0 aliphatic heterocycles. The number of sulfone groups is 1. The number of rotatable bonds is 4. The lowest BCUT2D eigenvalue weighted by atomic mass is 9.97. The first-order valence-corrected chi connectivity index (χ1v) is 9.85. The van der Waals surface area contributed by atoms with Gasteiger partial charge in [-0.05, 0) is 38.3 Å². The van der Waals surface area contributed by atoms with Crippen molar-refractivity contribution in [2.24, 2.45) is 0 Å². The molecule has 0 spiro atoms. The Morgan fingerprint density at radius 3 is 2.71 bits per heavy atom. The van der Waals surface area contributed by atoms with Crippen molar-refractivity contribution in [3.8, 4) is 5.75 Å². The predicted molar refractivity (Wildman–Crippen MR) is 86.3 cm³/mol. The van der Waals surface area contributed by atoms with Gasteiger partial charge in [0.05, 0.1) is 17.5 Å². The van der Waals surface area contributed by atoms with Crippen LogP contribution in [0.15, 0.2) is 22.7 Å². The van der Waals surface area contributed by atoms with Crippen molar-refractivity contribution in [1.82, 2.24) is 0 Å². The zero-order valence-electron chi connectivity index (χ0n) is 12.3. The highest BCUT2D eigenvalue weighted by molar-refractivity contribution is 9.10. The fourth-order valence-corrected chi connectivity index (χ4v) is 4.23. The molecule has 0 bridgehead atoms. The Hall–Kier alpha value is -0.590. The summed E-state index contributed by atoms with van der Waals surface area (Å²) in [6.45, 7) is 1.69. The van der Waals surface area contributed by atoms with Gasteiger partial charge in [0.15, 0.2) is 0 Å². The smallest absolute Gasteiger partial charge is 0.150 e. The van der Waals surface area contributed by atoms with E-state index < -0.39 is 15.9 Å². The van der Waals surface area contributed by atoms with Crippen molar-refractivity contribution >= 4 is 25.8 Å². The van der Waals surface area contributed by atoms with Crippen LogP contribution in [0.2, 0.25) is 0 Å². The molecule has 1 fully saturated rings. The van der Waals surface area contributed by atoms with E-state index in [1.54, 1.807) is 6.92 Å². The minimum Gasteiger partial charge on any atom is -0.490 e. The Balaban J connectivity index is 2.16. The zero-order chi connectivity index (χ0) is 15.6. The minimum absolute atomic E-state index is 0.120. The van der Waals surface area contributed by atoms with Gasteiger partial charge in [-0.1, -0.05) is 22.0 Å². The second-order valence-electron chi connectivity index (χ2n) is 5.72. The molecule has 1 saturated carbocycles. The number of halogens is 1. The maximum atomic E-state index is 11.7. The van der Waals surface area contributed by atoms with Gasteiger partial charge in [0, 0.05) is 22.7 Å². The molecule has 1 aromatic rings. The highest BCUT2D eigenvalue weighted by Crippen LogP contribution is 2.33. The second-order valence-corrected chi connectivity index (χ2v) is 8.96. The van der Waals surface area contributed by atoms with Crippen molar-refractivity contribution < 1.29 is 18.3 Å². The first-order valence-electron chi connectivity index (χ1n) is 7.10. The minimum atomic E-state index is -3.02. The summed E-state index contributed by atoms with van der Waals surface area (Å²) in [5.74, 6) is 0.624. The third-order valence-electron chi connectivity index (χ3n) is 3.90. The summed E-state index contributed by atoms with van der Waals surface area (Å²) in [6, 6.07) is 5.50. The van der Waals surface area contributed by atoms with Crippen molar-refractivity contribution in [3.05, 3.63) is 28.2 Å². The third kappa shape index (κ3) is 4.44. The molecule has 1 N–H and O–H groups in total. The van der Waals surface area contributed by atoms with Crippen molar-refractivity contribution in [1.29, 1.82) is 0 Å². The van der Waals surface area contributed by atoms with Gasteiger partial charge in [-0.25, -0.2) is 8.42 Å². The van der Waals surface area contributed by atoms with Crippen LogP contribution in [0.3, 0.4) is 0 Å². The lowest BCUT2D eigenvalue weighted by Gasteiger charge is -2.29. The van der Waals surface area contributed by atoms with Gasteiger partial charge in [-0.3, -0.25) is 0 Å². The average Bonchev–Trinajstić information content (AvgIpc) is 2.37. The van der Waals surface area contributed by atoms with Crippen LogP contribution in [0.1, 0.15) is 44.3 Å². The fraction of sp³-hybridized carbons (Fsp3) is 0.600. The summed E-state index contributed by atoms with van der Waals surface area (Å²) in [5.41, 5.74) is 0.722. The maximum absolute atomic E-state index is 11.7. The average molecular weight is 377 g/mol. The van der Waals surface area contributed by atoms with E-state index in [2.05, 4.69) is 15.9 Å². The Labute approximate surface area is 134 Å². The summed E-state index contributed by atoms with van der Waals surface area (Å²) in [7, 11) is -3.02. The van der Waals surface area contributed by atoms with Gasteiger partial charge in [-0.2, -0.15) is 0 Å². The van der Waals surface area contributed by atoms with Crippen LogP contribution in [0.5, 0.6) is 5.75 Å². The molecule has 21 heavy (non-hydrogen) atoms. The molecule has 6 heteroatoms. The predicted octanol–water partition coefficient (Wildman–Crippen LogP) is 3.24. The first kappa shape index (κ1) is 16.8. The standard InChI is InChI=1S/C15H21BrO4S/c1-10(17)14-7-6-11(16)8-15(14)20-12-4-3-5-13(9-12)21(2,18)19/h6-8,10,12-13,17H,3-5,9H2,1-2H3/t10-,12?,13?/m0/s1. The molecule has 0 amide bonds. The summed E-state index contributed by atoms with van der Waals surface area (Å²) in [6.07, 6.45) is 3.47. The Morgan fingerprint density at radius 1 is 1.38 bits per heavy atom. The number of aliphatic hydroxyl groups excluding tert-OH is 1. The molecule has 4 nitrogen and oxygen atoms in total. The number of aliphatic hydroxyl groups is 1. The Bertz CT molecular complexity index is 598. The van der Waals surface area contributed by atoms with E-state index in [0.717, 1.165) is 22.9 Å². The molecule has 0 radical (unpaired) electrons. The van der Waals surface area contributed by atoms with Crippen LogP contribution in [0, 0.1) is 0 Å². The Morgan fingerprint density at radius 2 is 2.10 bits per heavy atom. The normalized spacial score (nSPS) is 24.6. The van der Waals surface area contributed by atoms with E-state index >= 15 is 0 Å². The molecule has 2 rings (SSSR count). The van der Waals surface area contributed by atoms with Gasteiger partial charge in [0.1, 0.15) is 15.6 Å². The highest BCUT2D eigenvalue weighted by atomic mass is 79.9. The van der Waals surface area contributed by atoms with Crippen molar-refractivity contribution in [3.63, 3.8) is 0 Å². The highest BCUT2D eigenvalue weighted by Gasteiger charge is 2.30. The molecule has 0 saturated heterocycles. The molecule has 1 aliphatic rings. The van der Waals surface area contributed by atoms with Crippen molar-refractivity contribution in [2.45, 2.75) is 50.1 Å². The van der Waals surface area contributed by atoms with E-state index in [1.165, 1.54) is 6.26 Å². The number of hydrogen-bond acceptors (Lipinski definition) is 4. The lowest BCUT2D eigenvalue weighted by molar-refractivity contribution is 0.143. The van der Waals surface area contributed by atoms with Gasteiger partial charge in [0.2, 0.25) is 0 Å². The van der Waals surface area contributed by atoms with E-state index in [1.807, 2.05) is 18.2 Å². The Kier molecular flexibility index (Phi) is 5.33. The molecule has 118 valence electrons. The SMILES string of the molecule is C[C@H](O)c1ccc(Br)cc1OC1CCCC(S(C)(=O)=O)C1. The van der Waals surface area contributed by atoms with Gasteiger partial charge >= 0.3 is 0 Å². The summed E-state index contributed by atoms with van der Waals surface area (Å²) < 4.78 is 30.3. The number of hydrogen-bond donors (Lipinski definition) is 1. The van der Waals surface area contributed by atoms with E-state index in [-0.39, 0.29) is 11.4 Å². The van der Waals surface area contributed by atoms with Gasteiger partial charge in [0.25, 0.3) is 0 Å². The fourth-order valence-electron chi connectivity index (χ4n) is 2.73. The molecule has 0 aromatic heterocycles. The van der Waals surface area contributed by atoms with Crippen LogP contribution < -0.4 is 4.74 Å². The molecule has 1 aromatic carbocycles. The zero-order valence-corrected chi connectivity index (χ0v) is 14.7. The first-order chi connectivity index (χ1) is 9.77. The summed E-state index contributed by atoms with van der Waals surface area (Å²) in [4.78, 5) is 0. The van der Waals surface area contributed by atoms with E-state index in [4.69, 9.17) is 4.74 Å². The monoisotopic (exact) mass is 376 g/mol. The molecule has 0 heterocycles. The molecule has 2 unspecified atom stereocenters. The van der Waals surface area contributed by atoms with Gasteiger partial charge in [-0.15, -0.1) is 0 Å². The van der Waals surface area contributed by atoms with Gasteiger partial charge < -0.3 is 9.84 Å². The third-order valence-corrected chi connectivity index (χ3v) is 6.04. The van der Waals surface area contributed by atoms with Crippen LogP contribution >= 0.6 is 15.9 Å². The summed E-state index contributed by atoms with van der Waals surface area (Å²) >= 11 is 3.40. The largest absolute Gasteiger partial charge is 0.490 e. The van der Waals surface area contributed by atoms with E-state index in [0.29, 0.717) is 18.6 Å². The number of benzene rings is 1. The molecular weight excluding hydrogens is 356 g/mol. The topological polar surface area (TPSA) is 63.6 Å². The molecule has 3 atom stereocenters. The lowest BCUT2D eigenvalue weighted by Crippen LogP contribution is -2.33.